The predicted octanol–water partition coefficient (Wildman–Crippen LogP) is 6.90. The normalized spacial score (nSPS) is 14.1. The molecule has 3 aromatic rings. The highest BCUT2D eigenvalue weighted by atomic mass is 32.2. The highest BCUT2D eigenvalue weighted by Gasteiger charge is 2.30. The SMILES string of the molecule is Cc1nn(-c2ccccc2)c(OC(=O)CCC2CCCC2)c1Sc1c(F)c(F)c(F)c(F)c1F. The average Bonchev–Trinajstić information content (AvgIpc) is 3.47. The van der Waals surface area contributed by atoms with Crippen LogP contribution in [0.1, 0.15) is 44.2 Å². The Morgan fingerprint density at radius 2 is 1.56 bits per heavy atom. The lowest BCUT2D eigenvalue weighted by Gasteiger charge is -2.12. The lowest BCUT2D eigenvalue weighted by Crippen LogP contribution is -2.13. The molecular weight excluding hydrogens is 475 g/mol. The third-order valence-corrected chi connectivity index (χ3v) is 7.02. The first-order valence-corrected chi connectivity index (χ1v) is 11.6. The van der Waals surface area contributed by atoms with Crippen LogP contribution >= 0.6 is 11.8 Å². The van der Waals surface area contributed by atoms with E-state index < -0.39 is 40.0 Å². The van der Waals surface area contributed by atoms with E-state index in [0.29, 0.717) is 18.0 Å². The molecule has 0 saturated heterocycles. The van der Waals surface area contributed by atoms with Crippen LogP contribution in [0.2, 0.25) is 0 Å². The number of hydrogen-bond acceptors (Lipinski definition) is 4. The molecule has 4 rings (SSSR count). The highest BCUT2D eigenvalue weighted by Crippen LogP contribution is 2.42. The van der Waals surface area contributed by atoms with E-state index in [9.17, 15) is 26.7 Å². The largest absolute Gasteiger partial charge is 0.406 e. The average molecular weight is 497 g/mol. The Bertz CT molecular complexity index is 1180. The first-order chi connectivity index (χ1) is 16.3. The van der Waals surface area contributed by atoms with Gasteiger partial charge >= 0.3 is 5.97 Å². The van der Waals surface area contributed by atoms with Gasteiger partial charge in [0.05, 0.1) is 21.2 Å². The van der Waals surface area contributed by atoms with Crippen molar-refractivity contribution in [2.45, 2.75) is 55.2 Å². The summed E-state index contributed by atoms with van der Waals surface area (Å²) >= 11 is 0.275. The summed E-state index contributed by atoms with van der Waals surface area (Å²) in [4.78, 5) is 11.5. The van der Waals surface area contributed by atoms with Gasteiger partial charge in [-0.25, -0.2) is 22.0 Å². The summed E-state index contributed by atoms with van der Waals surface area (Å²) in [6.07, 6.45) is 5.14. The van der Waals surface area contributed by atoms with Crippen LogP contribution in [0.5, 0.6) is 5.88 Å². The zero-order valence-corrected chi connectivity index (χ0v) is 19.0. The molecule has 0 amide bonds. The molecule has 1 saturated carbocycles. The maximum Gasteiger partial charge on any atom is 0.312 e. The van der Waals surface area contributed by atoms with E-state index in [1.165, 1.54) is 11.6 Å². The van der Waals surface area contributed by atoms with E-state index in [1.807, 2.05) is 0 Å². The van der Waals surface area contributed by atoms with Crippen molar-refractivity contribution in [1.82, 2.24) is 9.78 Å². The van der Waals surface area contributed by atoms with Gasteiger partial charge in [0.1, 0.15) is 0 Å². The Kier molecular flexibility index (Phi) is 7.25. The maximum absolute atomic E-state index is 14.4. The standard InChI is InChI=1S/C24H21F5N2O2S/c1-13-22(34-23-20(28)18(26)17(25)19(27)21(23)29)24(31(30-13)15-9-3-2-4-10-15)33-16(32)12-11-14-7-5-6-8-14/h2-4,9-10,14H,5-8,11-12H2,1H3. The van der Waals surface area contributed by atoms with Crippen molar-refractivity contribution in [2.75, 3.05) is 0 Å². The van der Waals surface area contributed by atoms with E-state index >= 15 is 0 Å². The molecule has 0 unspecified atom stereocenters. The zero-order valence-electron chi connectivity index (χ0n) is 18.2. The molecule has 34 heavy (non-hydrogen) atoms. The number of carbonyl (C=O) groups is 1. The minimum absolute atomic E-state index is 0.0266. The molecule has 180 valence electrons. The van der Waals surface area contributed by atoms with Gasteiger partial charge in [0.15, 0.2) is 23.3 Å². The molecule has 0 atom stereocenters. The summed E-state index contributed by atoms with van der Waals surface area (Å²) in [5, 5.41) is 4.30. The molecule has 4 nitrogen and oxygen atoms in total. The van der Waals surface area contributed by atoms with Crippen LogP contribution in [-0.2, 0) is 4.79 Å². The quantitative estimate of drug-likeness (QED) is 0.154. The first kappa shape index (κ1) is 24.3. The molecule has 0 N–H and O–H groups in total. The van der Waals surface area contributed by atoms with E-state index in [0.717, 1.165) is 25.7 Å². The lowest BCUT2D eigenvalue weighted by molar-refractivity contribution is -0.135. The lowest BCUT2D eigenvalue weighted by atomic mass is 10.0. The van der Waals surface area contributed by atoms with E-state index in [-0.39, 0.29) is 34.7 Å². The topological polar surface area (TPSA) is 44.1 Å². The van der Waals surface area contributed by atoms with E-state index in [4.69, 9.17) is 4.74 Å². The zero-order chi connectivity index (χ0) is 24.4. The van der Waals surface area contributed by atoms with Gasteiger partial charge in [-0.05, 0) is 31.4 Å². The van der Waals surface area contributed by atoms with Crippen LogP contribution in [0.15, 0.2) is 40.1 Å². The molecule has 2 aromatic carbocycles. The monoisotopic (exact) mass is 496 g/mol. The fourth-order valence-electron chi connectivity index (χ4n) is 4.00. The second kappa shape index (κ2) is 10.2. The highest BCUT2D eigenvalue weighted by molar-refractivity contribution is 7.99. The van der Waals surface area contributed by atoms with E-state index in [2.05, 4.69) is 5.10 Å². The number of rotatable bonds is 7. The molecule has 0 spiro atoms. The third-order valence-electron chi connectivity index (χ3n) is 5.78. The van der Waals surface area contributed by atoms with Crippen molar-refractivity contribution >= 4 is 17.7 Å². The number of esters is 1. The van der Waals surface area contributed by atoms with Crippen LogP contribution in [-0.4, -0.2) is 15.7 Å². The molecule has 1 fully saturated rings. The van der Waals surface area contributed by atoms with Gasteiger partial charge in [-0.15, -0.1) is 0 Å². The summed E-state index contributed by atoms with van der Waals surface area (Å²) < 4.78 is 76.6. The van der Waals surface area contributed by atoms with Crippen LogP contribution in [0.25, 0.3) is 5.69 Å². The van der Waals surface area contributed by atoms with Crippen LogP contribution < -0.4 is 4.74 Å². The number of ether oxygens (including phenoxy) is 1. The van der Waals surface area contributed by atoms with Crippen LogP contribution in [0.3, 0.4) is 0 Å². The first-order valence-electron chi connectivity index (χ1n) is 10.8. The van der Waals surface area contributed by atoms with Crippen LogP contribution in [0, 0.1) is 41.9 Å². The van der Waals surface area contributed by atoms with Gasteiger partial charge in [0.2, 0.25) is 11.7 Å². The second-order valence-corrected chi connectivity index (χ2v) is 9.15. The summed E-state index contributed by atoms with van der Waals surface area (Å²) in [5.41, 5.74) is 0.685. The minimum atomic E-state index is -2.24. The summed E-state index contributed by atoms with van der Waals surface area (Å²) in [6.45, 7) is 1.49. The Morgan fingerprint density at radius 3 is 2.18 bits per heavy atom. The number of para-hydroxylation sites is 1. The number of carbonyl (C=O) groups excluding carboxylic acids is 1. The minimum Gasteiger partial charge on any atom is -0.406 e. The Balaban J connectivity index is 1.71. The third kappa shape index (κ3) is 4.82. The molecule has 10 heteroatoms. The second-order valence-electron chi connectivity index (χ2n) is 8.13. The molecule has 0 radical (unpaired) electrons. The van der Waals surface area contributed by atoms with Crippen molar-refractivity contribution in [3.8, 4) is 11.6 Å². The number of hydrogen-bond donors (Lipinski definition) is 0. The summed E-state index contributed by atoms with van der Waals surface area (Å²) in [7, 11) is 0. The molecule has 0 bridgehead atoms. The van der Waals surface area contributed by atoms with Gasteiger partial charge < -0.3 is 4.74 Å². The molecule has 1 heterocycles. The smallest absolute Gasteiger partial charge is 0.312 e. The Labute approximate surface area is 197 Å². The molecule has 0 aliphatic heterocycles. The summed E-state index contributed by atoms with van der Waals surface area (Å²) in [5.74, 6) is -10.5. The van der Waals surface area contributed by atoms with Crippen molar-refractivity contribution < 1.29 is 31.5 Å². The molecule has 1 aliphatic carbocycles. The van der Waals surface area contributed by atoms with Gasteiger partial charge in [0.25, 0.3) is 0 Å². The van der Waals surface area contributed by atoms with Crippen LogP contribution in [0.4, 0.5) is 22.0 Å². The van der Waals surface area contributed by atoms with Crippen molar-refractivity contribution in [2.24, 2.45) is 5.92 Å². The Hall–Kier alpha value is -2.88. The maximum atomic E-state index is 14.4. The van der Waals surface area contributed by atoms with Crippen molar-refractivity contribution in [3.63, 3.8) is 0 Å². The van der Waals surface area contributed by atoms with Gasteiger partial charge in [-0.3, -0.25) is 4.79 Å². The van der Waals surface area contributed by atoms with Gasteiger partial charge in [-0.2, -0.15) is 9.78 Å². The molecule has 1 aromatic heterocycles. The number of benzene rings is 2. The number of aromatic nitrogens is 2. The fourth-order valence-corrected chi connectivity index (χ4v) is 4.97. The molecular formula is C24H21F5N2O2S. The number of aryl methyl sites for hydroxylation is 1. The van der Waals surface area contributed by atoms with Gasteiger partial charge in [0, 0.05) is 6.42 Å². The van der Waals surface area contributed by atoms with Crippen molar-refractivity contribution in [3.05, 3.63) is 65.1 Å². The fraction of sp³-hybridized carbons (Fsp3) is 0.333. The van der Waals surface area contributed by atoms with Crippen molar-refractivity contribution in [1.29, 1.82) is 0 Å². The number of halogens is 5. The Morgan fingerprint density at radius 1 is 0.971 bits per heavy atom. The van der Waals surface area contributed by atoms with E-state index in [1.54, 1.807) is 30.3 Å². The van der Waals surface area contributed by atoms with Gasteiger partial charge in [-0.1, -0.05) is 55.6 Å². The molecule has 1 aliphatic rings. The predicted molar refractivity (Wildman–Crippen MR) is 115 cm³/mol. The summed E-state index contributed by atoms with van der Waals surface area (Å²) in [6, 6.07) is 8.55. The number of nitrogens with zero attached hydrogens (tertiary/aromatic N) is 2.